The van der Waals surface area contributed by atoms with E-state index in [4.69, 9.17) is 0 Å². The molecular weight excluding hydrogens is 332 g/mol. The van der Waals surface area contributed by atoms with Gasteiger partial charge in [0.2, 0.25) is 0 Å². The van der Waals surface area contributed by atoms with Gasteiger partial charge in [-0.1, -0.05) is 41.1 Å². The molecule has 3 atom stereocenters. The van der Waals surface area contributed by atoms with E-state index in [1.807, 2.05) is 11.3 Å². The molecule has 0 radical (unpaired) electrons. The lowest BCUT2D eigenvalue weighted by atomic mass is 9.45. The average Bonchev–Trinajstić information content (AvgIpc) is 2.85. The van der Waals surface area contributed by atoms with Crippen molar-refractivity contribution in [1.29, 1.82) is 0 Å². The van der Waals surface area contributed by atoms with Gasteiger partial charge in [0.15, 0.2) is 0 Å². The van der Waals surface area contributed by atoms with Crippen molar-refractivity contribution in [3.8, 4) is 0 Å². The molecular formula is C16H23BrN2S. The zero-order valence-corrected chi connectivity index (χ0v) is 14.8. The molecule has 0 spiro atoms. The van der Waals surface area contributed by atoms with Crippen LogP contribution in [-0.2, 0) is 5.41 Å². The van der Waals surface area contributed by atoms with Crippen LogP contribution in [0.25, 0.3) is 0 Å². The quantitative estimate of drug-likeness (QED) is 0.693. The van der Waals surface area contributed by atoms with Crippen LogP contribution in [-0.4, -0.2) is 10.2 Å². The molecule has 0 N–H and O–H groups in total. The van der Waals surface area contributed by atoms with E-state index >= 15 is 0 Å². The average molecular weight is 355 g/mol. The third kappa shape index (κ3) is 2.01. The molecule has 4 aliphatic rings. The summed E-state index contributed by atoms with van der Waals surface area (Å²) in [6.45, 7) is 4.73. The van der Waals surface area contributed by atoms with Crippen LogP contribution in [0.15, 0.2) is 0 Å². The molecule has 5 rings (SSSR count). The number of halogens is 1. The zero-order valence-electron chi connectivity index (χ0n) is 12.4. The van der Waals surface area contributed by atoms with Gasteiger partial charge in [-0.3, -0.25) is 0 Å². The maximum absolute atomic E-state index is 4.64. The highest BCUT2D eigenvalue weighted by Gasteiger charge is 2.57. The first-order valence-electron chi connectivity index (χ1n) is 8.00. The minimum absolute atomic E-state index is 0.384. The fourth-order valence-electron chi connectivity index (χ4n) is 5.72. The fraction of sp³-hybridized carbons (Fsp3) is 0.875. The molecule has 0 amide bonds. The van der Waals surface area contributed by atoms with Crippen molar-refractivity contribution in [2.75, 3.05) is 0 Å². The summed E-state index contributed by atoms with van der Waals surface area (Å²) in [6.07, 6.45) is 9.63. The number of aromatic nitrogens is 2. The summed E-state index contributed by atoms with van der Waals surface area (Å²) >= 11 is 5.61. The standard InChI is InChI=1S/C16H23BrN2S/c1-3-12(17)13-18-19-14(20-13)16-7-10-4-11(8-16)6-15(2,5-10)9-16/h10-12H,3-9H2,1-2H3. The van der Waals surface area contributed by atoms with Gasteiger partial charge in [-0.2, -0.15) is 0 Å². The van der Waals surface area contributed by atoms with Crippen molar-refractivity contribution in [3.05, 3.63) is 10.0 Å². The van der Waals surface area contributed by atoms with Crippen molar-refractivity contribution in [3.63, 3.8) is 0 Å². The number of nitrogens with zero attached hydrogens (tertiary/aromatic N) is 2. The largest absolute Gasteiger partial charge is 0.143 e. The molecule has 4 bridgehead atoms. The van der Waals surface area contributed by atoms with Gasteiger partial charge in [0.05, 0.1) is 4.83 Å². The van der Waals surface area contributed by atoms with E-state index in [-0.39, 0.29) is 0 Å². The Bertz CT molecular complexity index is 512. The first-order chi connectivity index (χ1) is 9.52. The molecule has 4 saturated carbocycles. The lowest BCUT2D eigenvalue weighted by Gasteiger charge is -2.60. The molecule has 1 aromatic rings. The molecule has 0 aliphatic heterocycles. The fourth-order valence-corrected chi connectivity index (χ4v) is 7.20. The predicted molar refractivity (Wildman–Crippen MR) is 86.3 cm³/mol. The van der Waals surface area contributed by atoms with Crippen LogP contribution in [0, 0.1) is 17.3 Å². The normalized spacial score (nSPS) is 44.0. The molecule has 3 unspecified atom stereocenters. The Morgan fingerprint density at radius 1 is 1.25 bits per heavy atom. The molecule has 1 heterocycles. The van der Waals surface area contributed by atoms with Crippen molar-refractivity contribution in [1.82, 2.24) is 10.2 Å². The topological polar surface area (TPSA) is 25.8 Å². The van der Waals surface area contributed by atoms with E-state index in [2.05, 4.69) is 40.0 Å². The van der Waals surface area contributed by atoms with Crippen LogP contribution < -0.4 is 0 Å². The Morgan fingerprint density at radius 2 is 1.95 bits per heavy atom. The summed E-state index contributed by atoms with van der Waals surface area (Å²) in [5.41, 5.74) is 0.976. The maximum atomic E-state index is 4.64. The highest BCUT2D eigenvalue weighted by atomic mass is 79.9. The van der Waals surface area contributed by atoms with Gasteiger partial charge >= 0.3 is 0 Å². The first kappa shape index (κ1) is 13.7. The summed E-state index contributed by atoms with van der Waals surface area (Å²) in [5, 5.41) is 11.7. The van der Waals surface area contributed by atoms with Crippen molar-refractivity contribution < 1.29 is 0 Å². The lowest BCUT2D eigenvalue weighted by molar-refractivity contribution is -0.0618. The second-order valence-electron chi connectivity index (χ2n) is 7.87. The molecule has 4 heteroatoms. The predicted octanol–water partition coefficient (Wildman–Crippen LogP) is 5.24. The van der Waals surface area contributed by atoms with Gasteiger partial charge in [-0.25, -0.2) is 0 Å². The van der Waals surface area contributed by atoms with Crippen LogP contribution in [0.4, 0.5) is 0 Å². The third-order valence-corrected chi connectivity index (χ3v) is 8.54. The zero-order chi connectivity index (χ0) is 14.0. The summed E-state index contributed by atoms with van der Waals surface area (Å²) < 4.78 is 0. The van der Waals surface area contributed by atoms with Crippen LogP contribution in [0.5, 0.6) is 0 Å². The number of hydrogen-bond donors (Lipinski definition) is 0. The van der Waals surface area contributed by atoms with Crippen LogP contribution in [0.3, 0.4) is 0 Å². The number of rotatable bonds is 3. The Kier molecular flexibility index (Phi) is 3.09. The molecule has 20 heavy (non-hydrogen) atoms. The van der Waals surface area contributed by atoms with Gasteiger partial charge in [-0.15, -0.1) is 10.2 Å². The SMILES string of the molecule is CCC(Br)c1nnc(C23CC4CC(CC(C)(C4)C2)C3)s1. The summed E-state index contributed by atoms with van der Waals surface area (Å²) in [7, 11) is 0. The van der Waals surface area contributed by atoms with Crippen LogP contribution in [0.1, 0.15) is 73.6 Å². The second kappa shape index (κ2) is 4.52. The van der Waals surface area contributed by atoms with Crippen LogP contribution in [0.2, 0.25) is 0 Å². The monoisotopic (exact) mass is 354 g/mol. The van der Waals surface area contributed by atoms with E-state index in [1.54, 1.807) is 0 Å². The van der Waals surface area contributed by atoms with Gasteiger partial charge in [0.1, 0.15) is 10.0 Å². The van der Waals surface area contributed by atoms with Gasteiger partial charge < -0.3 is 0 Å². The van der Waals surface area contributed by atoms with Crippen molar-refractivity contribution in [2.24, 2.45) is 17.3 Å². The molecule has 2 nitrogen and oxygen atoms in total. The van der Waals surface area contributed by atoms with Crippen molar-refractivity contribution >= 4 is 27.3 Å². The van der Waals surface area contributed by atoms with Gasteiger partial charge in [0.25, 0.3) is 0 Å². The lowest BCUT2D eigenvalue weighted by Crippen LogP contribution is -2.52. The van der Waals surface area contributed by atoms with E-state index in [0.717, 1.165) is 18.3 Å². The van der Waals surface area contributed by atoms with Crippen LogP contribution >= 0.6 is 27.3 Å². The van der Waals surface area contributed by atoms with E-state index < -0.39 is 0 Å². The minimum atomic E-state index is 0.384. The van der Waals surface area contributed by atoms with Crippen molar-refractivity contribution in [2.45, 2.75) is 69.0 Å². The third-order valence-electron chi connectivity index (χ3n) is 5.87. The minimum Gasteiger partial charge on any atom is -0.143 e. The Labute approximate surface area is 133 Å². The Hall–Kier alpha value is 0.0400. The smallest absolute Gasteiger partial charge is 0.131 e. The molecule has 110 valence electrons. The second-order valence-corrected chi connectivity index (χ2v) is 9.99. The highest BCUT2D eigenvalue weighted by molar-refractivity contribution is 9.09. The Morgan fingerprint density at radius 3 is 2.55 bits per heavy atom. The molecule has 0 aromatic carbocycles. The number of alkyl halides is 1. The molecule has 4 fully saturated rings. The molecule has 4 aliphatic carbocycles. The molecule has 1 aromatic heterocycles. The van der Waals surface area contributed by atoms with Gasteiger partial charge in [-0.05, 0) is 62.2 Å². The number of hydrogen-bond acceptors (Lipinski definition) is 3. The van der Waals surface area contributed by atoms with E-state index in [1.165, 1.54) is 48.5 Å². The van der Waals surface area contributed by atoms with E-state index in [9.17, 15) is 0 Å². The maximum Gasteiger partial charge on any atom is 0.131 e. The Balaban J connectivity index is 1.69. The summed E-state index contributed by atoms with van der Waals surface area (Å²) in [4.78, 5) is 0.387. The van der Waals surface area contributed by atoms with Gasteiger partial charge in [0, 0.05) is 5.41 Å². The highest BCUT2D eigenvalue weighted by Crippen LogP contribution is 2.65. The summed E-state index contributed by atoms with van der Waals surface area (Å²) in [5.74, 6) is 1.92. The summed E-state index contributed by atoms with van der Waals surface area (Å²) in [6, 6.07) is 0. The first-order valence-corrected chi connectivity index (χ1v) is 9.73. The molecule has 0 saturated heterocycles. The van der Waals surface area contributed by atoms with E-state index in [0.29, 0.717) is 15.7 Å².